The van der Waals surface area contributed by atoms with Gasteiger partial charge in [0, 0.05) is 5.56 Å². The van der Waals surface area contributed by atoms with Crippen LogP contribution in [0.5, 0.6) is 5.75 Å². The molecule has 2 aromatic carbocycles. The zero-order valence-electron chi connectivity index (χ0n) is 14.6. The lowest BCUT2D eigenvalue weighted by atomic mass is 10.1. The third-order valence-electron chi connectivity index (χ3n) is 3.45. The minimum atomic E-state index is -0.512. The van der Waals surface area contributed by atoms with Crippen molar-refractivity contribution in [3.8, 4) is 5.75 Å². The van der Waals surface area contributed by atoms with E-state index < -0.39 is 17.8 Å². The number of hydrogen-bond acceptors (Lipinski definition) is 5. The Balaban J connectivity index is 1.99. The molecular formula is C19H20N2O5. The molecule has 0 heterocycles. The summed E-state index contributed by atoms with van der Waals surface area (Å²) in [6.45, 7) is 2.46. The van der Waals surface area contributed by atoms with Crippen molar-refractivity contribution in [3.63, 3.8) is 0 Å². The van der Waals surface area contributed by atoms with Crippen LogP contribution in [0.4, 0.5) is 0 Å². The Kier molecular flexibility index (Phi) is 6.73. The second-order valence-corrected chi connectivity index (χ2v) is 5.32. The fraction of sp³-hybridized carbons (Fsp3) is 0.211. The SMILES string of the molecule is CCCOc1ccccc1C(=O)NNC(=O)c1ccc(C(=O)OC)cc1. The van der Waals surface area contributed by atoms with E-state index in [9.17, 15) is 14.4 Å². The van der Waals surface area contributed by atoms with Crippen LogP contribution in [-0.4, -0.2) is 31.5 Å². The van der Waals surface area contributed by atoms with Gasteiger partial charge in [0.1, 0.15) is 5.75 Å². The van der Waals surface area contributed by atoms with Crippen LogP contribution < -0.4 is 15.6 Å². The quantitative estimate of drug-likeness (QED) is 0.612. The number of benzene rings is 2. The highest BCUT2D eigenvalue weighted by Gasteiger charge is 2.14. The first-order valence-electron chi connectivity index (χ1n) is 8.07. The maximum absolute atomic E-state index is 12.3. The van der Waals surface area contributed by atoms with Crippen molar-refractivity contribution in [1.82, 2.24) is 10.9 Å². The molecule has 7 heteroatoms. The molecule has 0 aliphatic carbocycles. The van der Waals surface area contributed by atoms with Gasteiger partial charge in [-0.1, -0.05) is 19.1 Å². The van der Waals surface area contributed by atoms with Crippen LogP contribution >= 0.6 is 0 Å². The van der Waals surface area contributed by atoms with E-state index in [1.807, 2.05) is 6.92 Å². The second-order valence-electron chi connectivity index (χ2n) is 5.32. The zero-order valence-corrected chi connectivity index (χ0v) is 14.6. The largest absolute Gasteiger partial charge is 0.493 e. The summed E-state index contributed by atoms with van der Waals surface area (Å²) in [6, 6.07) is 12.6. The van der Waals surface area contributed by atoms with Crippen molar-refractivity contribution in [2.75, 3.05) is 13.7 Å². The number of carbonyl (C=O) groups is 3. The van der Waals surface area contributed by atoms with Crippen LogP contribution in [0.1, 0.15) is 44.4 Å². The van der Waals surface area contributed by atoms with Gasteiger partial charge >= 0.3 is 5.97 Å². The Hall–Kier alpha value is -3.35. The lowest BCUT2D eigenvalue weighted by Gasteiger charge is -2.12. The van der Waals surface area contributed by atoms with Crippen LogP contribution in [0.3, 0.4) is 0 Å². The average molecular weight is 356 g/mol. The number of rotatable bonds is 6. The van der Waals surface area contributed by atoms with Crippen molar-refractivity contribution in [2.24, 2.45) is 0 Å². The van der Waals surface area contributed by atoms with Gasteiger partial charge < -0.3 is 9.47 Å². The van der Waals surface area contributed by atoms with E-state index in [0.29, 0.717) is 23.5 Å². The molecule has 2 amide bonds. The molecule has 26 heavy (non-hydrogen) atoms. The highest BCUT2D eigenvalue weighted by molar-refractivity contribution is 6.00. The molecule has 0 aliphatic heterocycles. The molecule has 0 saturated heterocycles. The van der Waals surface area contributed by atoms with Crippen molar-refractivity contribution in [2.45, 2.75) is 13.3 Å². The predicted molar refractivity (Wildman–Crippen MR) is 94.9 cm³/mol. The highest BCUT2D eigenvalue weighted by Crippen LogP contribution is 2.17. The third kappa shape index (κ3) is 4.83. The first-order chi connectivity index (χ1) is 12.6. The van der Waals surface area contributed by atoms with E-state index >= 15 is 0 Å². The summed E-state index contributed by atoms with van der Waals surface area (Å²) in [4.78, 5) is 35.8. The molecule has 0 aromatic heterocycles. The van der Waals surface area contributed by atoms with E-state index in [2.05, 4.69) is 15.6 Å². The summed E-state index contributed by atoms with van der Waals surface area (Å²) in [5.41, 5.74) is 5.62. The van der Waals surface area contributed by atoms with Gasteiger partial charge in [-0.3, -0.25) is 20.4 Å². The zero-order chi connectivity index (χ0) is 18.9. The molecule has 0 bridgehead atoms. The Bertz CT molecular complexity index is 787. The van der Waals surface area contributed by atoms with Gasteiger partial charge in [0.05, 0.1) is 24.8 Å². The molecule has 2 aromatic rings. The molecule has 2 rings (SSSR count). The Morgan fingerprint density at radius 3 is 2.15 bits per heavy atom. The van der Waals surface area contributed by atoms with Crippen molar-refractivity contribution >= 4 is 17.8 Å². The molecule has 7 nitrogen and oxygen atoms in total. The Morgan fingerprint density at radius 1 is 0.885 bits per heavy atom. The summed E-state index contributed by atoms with van der Waals surface area (Å²) in [5, 5.41) is 0. The third-order valence-corrected chi connectivity index (χ3v) is 3.45. The molecule has 0 saturated carbocycles. The van der Waals surface area contributed by atoms with E-state index in [1.165, 1.54) is 31.4 Å². The Labute approximate surface area is 151 Å². The van der Waals surface area contributed by atoms with Gasteiger partial charge in [-0.25, -0.2) is 4.79 Å². The topological polar surface area (TPSA) is 93.7 Å². The van der Waals surface area contributed by atoms with Crippen LogP contribution in [0.25, 0.3) is 0 Å². The van der Waals surface area contributed by atoms with Gasteiger partial charge in [-0.2, -0.15) is 0 Å². The Morgan fingerprint density at radius 2 is 1.50 bits per heavy atom. The number of hydrazine groups is 1. The number of ether oxygens (including phenoxy) is 2. The molecule has 2 N–H and O–H groups in total. The van der Waals surface area contributed by atoms with Gasteiger partial charge in [0.25, 0.3) is 11.8 Å². The predicted octanol–water partition coefficient (Wildman–Crippen LogP) is 2.34. The van der Waals surface area contributed by atoms with Crippen LogP contribution in [-0.2, 0) is 4.74 Å². The van der Waals surface area contributed by atoms with Crippen molar-refractivity contribution in [3.05, 3.63) is 65.2 Å². The average Bonchev–Trinajstić information content (AvgIpc) is 2.69. The van der Waals surface area contributed by atoms with Crippen LogP contribution in [0.15, 0.2) is 48.5 Å². The summed E-state index contributed by atoms with van der Waals surface area (Å²) < 4.78 is 10.1. The summed E-state index contributed by atoms with van der Waals surface area (Å²) in [5.74, 6) is -1.05. The maximum Gasteiger partial charge on any atom is 0.337 e. The summed E-state index contributed by atoms with van der Waals surface area (Å²) in [7, 11) is 1.28. The van der Waals surface area contributed by atoms with Gasteiger partial charge in [-0.05, 0) is 42.8 Å². The number of esters is 1. The molecule has 136 valence electrons. The normalized spacial score (nSPS) is 9.92. The molecule has 0 fully saturated rings. The number of nitrogens with one attached hydrogen (secondary N) is 2. The highest BCUT2D eigenvalue weighted by atomic mass is 16.5. The lowest BCUT2D eigenvalue weighted by Crippen LogP contribution is -2.41. The molecule has 0 radical (unpaired) electrons. The number of hydrogen-bond donors (Lipinski definition) is 2. The second kappa shape index (κ2) is 9.22. The van der Waals surface area contributed by atoms with E-state index in [0.717, 1.165) is 6.42 Å². The standard InChI is InChI=1S/C19H20N2O5/c1-3-12-26-16-7-5-4-6-15(16)18(23)21-20-17(22)13-8-10-14(11-9-13)19(24)25-2/h4-11H,3,12H2,1-2H3,(H,20,22)(H,21,23). The van der Waals surface area contributed by atoms with Gasteiger partial charge in [-0.15, -0.1) is 0 Å². The molecule has 0 spiro atoms. The number of para-hydroxylation sites is 1. The van der Waals surface area contributed by atoms with Crippen LogP contribution in [0.2, 0.25) is 0 Å². The minimum Gasteiger partial charge on any atom is -0.493 e. The summed E-state index contributed by atoms with van der Waals surface area (Å²) >= 11 is 0. The first kappa shape index (κ1) is 19.0. The monoisotopic (exact) mass is 356 g/mol. The van der Waals surface area contributed by atoms with E-state index in [4.69, 9.17) is 4.74 Å². The van der Waals surface area contributed by atoms with Crippen molar-refractivity contribution in [1.29, 1.82) is 0 Å². The number of carbonyl (C=O) groups excluding carboxylic acids is 3. The fourth-order valence-corrected chi connectivity index (χ4v) is 2.12. The maximum atomic E-state index is 12.3. The summed E-state index contributed by atoms with van der Waals surface area (Å²) in [6.07, 6.45) is 0.814. The van der Waals surface area contributed by atoms with E-state index in [1.54, 1.807) is 24.3 Å². The molecule has 0 unspecified atom stereocenters. The van der Waals surface area contributed by atoms with Crippen LogP contribution in [0, 0.1) is 0 Å². The molecule has 0 aliphatic rings. The fourth-order valence-electron chi connectivity index (χ4n) is 2.12. The molecular weight excluding hydrogens is 336 g/mol. The lowest BCUT2D eigenvalue weighted by molar-refractivity contribution is 0.0600. The number of methoxy groups -OCH3 is 1. The van der Waals surface area contributed by atoms with Crippen molar-refractivity contribution < 1.29 is 23.9 Å². The first-order valence-corrected chi connectivity index (χ1v) is 8.07. The molecule has 0 atom stereocenters. The van der Waals surface area contributed by atoms with Gasteiger partial charge in [0.2, 0.25) is 0 Å². The number of amides is 2. The smallest absolute Gasteiger partial charge is 0.337 e. The van der Waals surface area contributed by atoms with Gasteiger partial charge in [0.15, 0.2) is 0 Å². The van der Waals surface area contributed by atoms with E-state index in [-0.39, 0.29) is 5.56 Å². The minimum absolute atomic E-state index is 0.286.